The molecular formula is C10H8N2S2. The topological polar surface area (TPSA) is 25.8 Å². The molecule has 0 aliphatic carbocycles. The highest BCUT2D eigenvalue weighted by Gasteiger charge is 1.89. The third kappa shape index (κ3) is 2.37. The second kappa shape index (κ2) is 4.83. The number of benzene rings is 1. The van der Waals surface area contributed by atoms with Crippen molar-refractivity contribution >= 4 is 33.2 Å². The highest BCUT2D eigenvalue weighted by atomic mass is 32.1. The lowest BCUT2D eigenvalue weighted by Gasteiger charge is -1.80. The Morgan fingerprint density at radius 2 is 1.93 bits per heavy atom. The summed E-state index contributed by atoms with van der Waals surface area (Å²) in [5.74, 6) is 0. The Labute approximate surface area is 90.2 Å². The van der Waals surface area contributed by atoms with Gasteiger partial charge >= 0.3 is 0 Å². The molecule has 3 aromatic rings. The van der Waals surface area contributed by atoms with E-state index in [0.29, 0.717) is 0 Å². The van der Waals surface area contributed by atoms with E-state index in [1.165, 1.54) is 33.2 Å². The molecule has 2 heterocycles. The van der Waals surface area contributed by atoms with E-state index >= 15 is 0 Å². The van der Waals surface area contributed by atoms with Gasteiger partial charge in [0.1, 0.15) is 0 Å². The molecule has 0 N–H and O–H groups in total. The van der Waals surface area contributed by atoms with E-state index in [9.17, 15) is 0 Å². The summed E-state index contributed by atoms with van der Waals surface area (Å²) in [6, 6.07) is 10.1. The largest absolute Gasteiger partial charge is 0.201 e. The number of aromatic nitrogens is 2. The first-order valence-electron chi connectivity index (χ1n) is 4.10. The number of fused-ring (bicyclic) bond motifs is 1. The molecule has 0 amide bonds. The van der Waals surface area contributed by atoms with Crippen LogP contribution in [-0.2, 0) is 0 Å². The normalized spacial score (nSPS) is 9.43. The van der Waals surface area contributed by atoms with Crippen LogP contribution in [0.2, 0.25) is 0 Å². The van der Waals surface area contributed by atoms with Crippen LogP contribution in [-0.4, -0.2) is 8.75 Å². The summed E-state index contributed by atoms with van der Waals surface area (Å²) in [7, 11) is 0. The maximum atomic E-state index is 4.04. The molecule has 3 rings (SSSR count). The van der Waals surface area contributed by atoms with Crippen LogP contribution in [0.1, 0.15) is 0 Å². The molecule has 0 aliphatic rings. The smallest absolute Gasteiger partial charge is 0.0549 e. The zero-order chi connectivity index (χ0) is 9.64. The molecule has 0 radical (unpaired) electrons. The van der Waals surface area contributed by atoms with Crippen LogP contribution in [0, 0.1) is 0 Å². The summed E-state index contributed by atoms with van der Waals surface area (Å²) in [6.07, 6.45) is 3.66. The molecule has 70 valence electrons. The molecule has 1 aromatic carbocycles. The third-order valence-electron chi connectivity index (χ3n) is 1.61. The van der Waals surface area contributed by atoms with Crippen LogP contribution in [0.5, 0.6) is 0 Å². The SMILES string of the molecule is c1ccc2sncc2c1.c1cnsc1. The van der Waals surface area contributed by atoms with E-state index < -0.39 is 0 Å². The fourth-order valence-corrected chi connectivity index (χ4v) is 1.98. The van der Waals surface area contributed by atoms with Gasteiger partial charge in [0.25, 0.3) is 0 Å². The van der Waals surface area contributed by atoms with E-state index in [2.05, 4.69) is 20.9 Å². The van der Waals surface area contributed by atoms with Crippen molar-refractivity contribution in [3.8, 4) is 0 Å². The van der Waals surface area contributed by atoms with Crippen molar-refractivity contribution in [3.63, 3.8) is 0 Å². The minimum Gasteiger partial charge on any atom is -0.201 e. The van der Waals surface area contributed by atoms with Gasteiger partial charge in [-0.2, -0.15) is 4.37 Å². The Morgan fingerprint density at radius 3 is 2.57 bits per heavy atom. The van der Waals surface area contributed by atoms with E-state index in [1.54, 1.807) is 6.20 Å². The summed E-state index contributed by atoms with van der Waals surface area (Å²) >= 11 is 3.00. The first-order chi connectivity index (χ1) is 6.97. The molecule has 0 bridgehead atoms. The minimum absolute atomic E-state index is 1.24. The molecule has 14 heavy (non-hydrogen) atoms. The standard InChI is InChI=1S/C7H5NS.C3H3NS/c1-2-4-7-6(3-1)5-8-9-7;1-2-4-5-3-1/h1-5H;1-3H. The van der Waals surface area contributed by atoms with Gasteiger partial charge in [0.2, 0.25) is 0 Å². The molecule has 0 saturated heterocycles. The molecule has 0 spiro atoms. The van der Waals surface area contributed by atoms with E-state index in [1.807, 2.05) is 29.8 Å². The van der Waals surface area contributed by atoms with Gasteiger partial charge in [-0.15, -0.1) is 0 Å². The minimum atomic E-state index is 1.24. The average molecular weight is 220 g/mol. The number of hydrogen-bond acceptors (Lipinski definition) is 4. The lowest BCUT2D eigenvalue weighted by atomic mass is 10.3. The second-order valence-electron chi connectivity index (χ2n) is 2.55. The summed E-state index contributed by atoms with van der Waals surface area (Å²) in [6.45, 7) is 0. The number of hydrogen-bond donors (Lipinski definition) is 0. The quantitative estimate of drug-likeness (QED) is 0.580. The zero-order valence-corrected chi connectivity index (χ0v) is 8.96. The number of nitrogens with zero attached hydrogens (tertiary/aromatic N) is 2. The van der Waals surface area contributed by atoms with Crippen LogP contribution >= 0.6 is 23.1 Å². The molecule has 4 heteroatoms. The lowest BCUT2D eigenvalue weighted by molar-refractivity contribution is 1.58. The predicted molar refractivity (Wildman–Crippen MR) is 61.7 cm³/mol. The molecule has 0 fully saturated rings. The first-order valence-corrected chi connectivity index (χ1v) is 5.71. The molecule has 0 atom stereocenters. The van der Waals surface area contributed by atoms with E-state index in [0.717, 1.165) is 0 Å². The van der Waals surface area contributed by atoms with Crippen LogP contribution in [0.25, 0.3) is 10.1 Å². The first kappa shape index (κ1) is 9.30. The van der Waals surface area contributed by atoms with Gasteiger partial charge in [-0.3, -0.25) is 0 Å². The van der Waals surface area contributed by atoms with Crippen molar-refractivity contribution in [2.24, 2.45) is 0 Å². The molecular weight excluding hydrogens is 212 g/mol. The van der Waals surface area contributed by atoms with Crippen LogP contribution in [0.15, 0.2) is 48.1 Å². The van der Waals surface area contributed by atoms with Crippen molar-refractivity contribution in [3.05, 3.63) is 48.1 Å². The Kier molecular flexibility index (Phi) is 3.21. The third-order valence-corrected chi connectivity index (χ3v) is 2.91. The van der Waals surface area contributed by atoms with Gasteiger partial charge in [-0.05, 0) is 35.2 Å². The van der Waals surface area contributed by atoms with Crippen LogP contribution < -0.4 is 0 Å². The van der Waals surface area contributed by atoms with Crippen LogP contribution in [0.3, 0.4) is 0 Å². The predicted octanol–water partition coefficient (Wildman–Crippen LogP) is 3.44. The summed E-state index contributed by atoms with van der Waals surface area (Å²) in [5, 5.41) is 3.17. The van der Waals surface area contributed by atoms with Gasteiger partial charge in [-0.1, -0.05) is 18.2 Å². The van der Waals surface area contributed by atoms with Gasteiger partial charge in [-0.25, -0.2) is 4.37 Å². The molecule has 0 saturated carbocycles. The molecule has 0 aliphatic heterocycles. The number of rotatable bonds is 0. The monoisotopic (exact) mass is 220 g/mol. The Hall–Kier alpha value is -1.26. The molecule has 2 aromatic heterocycles. The fourth-order valence-electron chi connectivity index (χ4n) is 0.986. The zero-order valence-electron chi connectivity index (χ0n) is 7.33. The van der Waals surface area contributed by atoms with E-state index in [4.69, 9.17) is 0 Å². The van der Waals surface area contributed by atoms with Crippen molar-refractivity contribution in [2.75, 3.05) is 0 Å². The Bertz CT molecular complexity index is 426. The van der Waals surface area contributed by atoms with Crippen molar-refractivity contribution < 1.29 is 0 Å². The van der Waals surface area contributed by atoms with Gasteiger partial charge in [0.15, 0.2) is 0 Å². The Morgan fingerprint density at radius 1 is 1.00 bits per heavy atom. The highest BCUT2D eigenvalue weighted by molar-refractivity contribution is 7.13. The van der Waals surface area contributed by atoms with Gasteiger partial charge in [0, 0.05) is 23.2 Å². The van der Waals surface area contributed by atoms with Crippen molar-refractivity contribution in [1.82, 2.24) is 8.75 Å². The summed E-state index contributed by atoms with van der Waals surface area (Å²) in [5.41, 5.74) is 0. The fraction of sp³-hybridized carbons (Fsp3) is 0. The second-order valence-corrected chi connectivity index (χ2v) is 4.08. The average Bonchev–Trinajstić information content (AvgIpc) is 2.92. The van der Waals surface area contributed by atoms with Crippen molar-refractivity contribution in [1.29, 1.82) is 0 Å². The highest BCUT2D eigenvalue weighted by Crippen LogP contribution is 2.15. The Balaban J connectivity index is 0.000000128. The van der Waals surface area contributed by atoms with Crippen LogP contribution in [0.4, 0.5) is 0 Å². The molecule has 2 nitrogen and oxygen atoms in total. The maximum absolute atomic E-state index is 4.04. The summed E-state index contributed by atoms with van der Waals surface area (Å²) in [4.78, 5) is 0. The maximum Gasteiger partial charge on any atom is 0.0549 e. The van der Waals surface area contributed by atoms with E-state index in [-0.39, 0.29) is 0 Å². The molecule has 0 unspecified atom stereocenters. The van der Waals surface area contributed by atoms with Crippen molar-refractivity contribution in [2.45, 2.75) is 0 Å². The van der Waals surface area contributed by atoms with Gasteiger partial charge in [0.05, 0.1) is 4.70 Å². The summed E-state index contributed by atoms with van der Waals surface area (Å²) < 4.78 is 9.07. The lowest BCUT2D eigenvalue weighted by Crippen LogP contribution is -1.56. The van der Waals surface area contributed by atoms with Gasteiger partial charge < -0.3 is 0 Å².